The number of hydrogen-bond donors (Lipinski definition) is 1. The van der Waals surface area contributed by atoms with Crippen LogP contribution in [0.15, 0.2) is 34.7 Å². The van der Waals surface area contributed by atoms with Gasteiger partial charge in [0.1, 0.15) is 22.9 Å². The zero-order valence-electron chi connectivity index (χ0n) is 13.0. The monoisotopic (exact) mass is 285 g/mol. The fourth-order valence-corrected chi connectivity index (χ4v) is 2.78. The van der Waals surface area contributed by atoms with Crippen LogP contribution in [0.3, 0.4) is 0 Å². The van der Waals surface area contributed by atoms with Gasteiger partial charge >= 0.3 is 0 Å². The SMILES string of the molecule is CCCNCc1ccc(-c2ccc3c(c2)CC(C)(C)O3)o1. The predicted molar refractivity (Wildman–Crippen MR) is 84.6 cm³/mol. The first-order valence-corrected chi connectivity index (χ1v) is 7.69. The lowest BCUT2D eigenvalue weighted by atomic mass is 10.00. The molecule has 2 heterocycles. The Hall–Kier alpha value is -1.74. The summed E-state index contributed by atoms with van der Waals surface area (Å²) in [5, 5.41) is 3.35. The van der Waals surface area contributed by atoms with Crippen LogP contribution >= 0.6 is 0 Å². The highest BCUT2D eigenvalue weighted by Gasteiger charge is 2.30. The molecule has 21 heavy (non-hydrogen) atoms. The Kier molecular flexibility index (Phi) is 3.77. The van der Waals surface area contributed by atoms with Crippen LogP contribution in [-0.2, 0) is 13.0 Å². The average molecular weight is 285 g/mol. The maximum absolute atomic E-state index is 5.92. The van der Waals surface area contributed by atoms with E-state index in [0.29, 0.717) is 0 Å². The summed E-state index contributed by atoms with van der Waals surface area (Å²) in [7, 11) is 0. The van der Waals surface area contributed by atoms with Gasteiger partial charge in [-0.15, -0.1) is 0 Å². The van der Waals surface area contributed by atoms with Gasteiger partial charge in [-0.3, -0.25) is 0 Å². The summed E-state index contributed by atoms with van der Waals surface area (Å²) in [6, 6.07) is 10.4. The summed E-state index contributed by atoms with van der Waals surface area (Å²) in [6.07, 6.45) is 2.08. The van der Waals surface area contributed by atoms with Crippen LogP contribution in [0.25, 0.3) is 11.3 Å². The summed E-state index contributed by atoms with van der Waals surface area (Å²) in [4.78, 5) is 0. The van der Waals surface area contributed by atoms with Crippen molar-refractivity contribution in [3.8, 4) is 17.1 Å². The van der Waals surface area contributed by atoms with Crippen LogP contribution in [0.5, 0.6) is 5.75 Å². The lowest BCUT2D eigenvalue weighted by Crippen LogP contribution is -2.24. The summed E-state index contributed by atoms with van der Waals surface area (Å²) in [5.41, 5.74) is 2.29. The van der Waals surface area contributed by atoms with E-state index in [1.807, 2.05) is 12.1 Å². The quantitative estimate of drug-likeness (QED) is 0.838. The van der Waals surface area contributed by atoms with Crippen molar-refractivity contribution < 1.29 is 9.15 Å². The molecule has 0 radical (unpaired) electrons. The van der Waals surface area contributed by atoms with E-state index in [2.05, 4.69) is 44.3 Å². The topological polar surface area (TPSA) is 34.4 Å². The predicted octanol–water partition coefficient (Wildman–Crippen LogP) is 4.16. The smallest absolute Gasteiger partial charge is 0.134 e. The van der Waals surface area contributed by atoms with E-state index < -0.39 is 0 Å². The Bertz CT molecular complexity index is 628. The molecule has 0 bridgehead atoms. The second-order valence-electron chi connectivity index (χ2n) is 6.30. The van der Waals surface area contributed by atoms with Gasteiger partial charge in [0.2, 0.25) is 0 Å². The number of furan rings is 1. The molecule has 3 rings (SSSR count). The van der Waals surface area contributed by atoms with Crippen molar-refractivity contribution in [1.29, 1.82) is 0 Å². The molecule has 0 fully saturated rings. The third-order valence-electron chi connectivity index (χ3n) is 3.74. The first-order chi connectivity index (χ1) is 10.1. The Labute approximate surface area is 126 Å². The van der Waals surface area contributed by atoms with Gasteiger partial charge < -0.3 is 14.5 Å². The molecule has 0 atom stereocenters. The first-order valence-electron chi connectivity index (χ1n) is 7.69. The molecular weight excluding hydrogens is 262 g/mol. The molecule has 0 saturated carbocycles. The number of hydrogen-bond acceptors (Lipinski definition) is 3. The van der Waals surface area contributed by atoms with E-state index in [1.54, 1.807) is 0 Å². The van der Waals surface area contributed by atoms with Gasteiger partial charge in [-0.05, 0) is 62.7 Å². The van der Waals surface area contributed by atoms with Gasteiger partial charge in [0.15, 0.2) is 0 Å². The molecule has 1 N–H and O–H groups in total. The maximum atomic E-state index is 5.92. The Balaban J connectivity index is 1.76. The molecule has 2 aromatic rings. The number of benzene rings is 1. The van der Waals surface area contributed by atoms with Crippen molar-refractivity contribution in [2.45, 2.75) is 45.8 Å². The minimum Gasteiger partial charge on any atom is -0.487 e. The first kappa shape index (κ1) is 14.2. The third kappa shape index (κ3) is 3.13. The van der Waals surface area contributed by atoms with E-state index in [-0.39, 0.29) is 5.60 Å². The molecular formula is C18H23NO2. The van der Waals surface area contributed by atoms with Crippen LogP contribution in [-0.4, -0.2) is 12.1 Å². The molecule has 0 saturated heterocycles. The zero-order chi connectivity index (χ0) is 14.9. The number of rotatable bonds is 5. The van der Waals surface area contributed by atoms with Crippen molar-refractivity contribution in [3.63, 3.8) is 0 Å². The largest absolute Gasteiger partial charge is 0.487 e. The van der Waals surface area contributed by atoms with Gasteiger partial charge in [-0.25, -0.2) is 0 Å². The molecule has 112 valence electrons. The van der Waals surface area contributed by atoms with Crippen LogP contribution < -0.4 is 10.1 Å². The van der Waals surface area contributed by atoms with E-state index >= 15 is 0 Å². The van der Waals surface area contributed by atoms with E-state index in [9.17, 15) is 0 Å². The molecule has 1 aromatic carbocycles. The van der Waals surface area contributed by atoms with Crippen LogP contribution in [0.2, 0.25) is 0 Å². The number of fused-ring (bicyclic) bond motifs is 1. The second kappa shape index (κ2) is 5.57. The van der Waals surface area contributed by atoms with Crippen molar-refractivity contribution in [2.75, 3.05) is 6.54 Å². The zero-order valence-corrected chi connectivity index (χ0v) is 13.0. The molecule has 3 heteroatoms. The molecule has 0 amide bonds. The molecule has 1 aliphatic heterocycles. The van der Waals surface area contributed by atoms with Crippen LogP contribution in [0.1, 0.15) is 38.5 Å². The molecule has 3 nitrogen and oxygen atoms in total. The second-order valence-corrected chi connectivity index (χ2v) is 6.30. The van der Waals surface area contributed by atoms with Crippen molar-refractivity contribution >= 4 is 0 Å². The number of nitrogens with one attached hydrogen (secondary N) is 1. The fraction of sp³-hybridized carbons (Fsp3) is 0.444. The molecule has 0 spiro atoms. The molecule has 1 aromatic heterocycles. The highest BCUT2D eigenvalue weighted by atomic mass is 16.5. The normalized spacial score (nSPS) is 15.8. The summed E-state index contributed by atoms with van der Waals surface area (Å²) >= 11 is 0. The van der Waals surface area contributed by atoms with E-state index in [0.717, 1.165) is 48.8 Å². The Morgan fingerprint density at radius 1 is 1.19 bits per heavy atom. The average Bonchev–Trinajstić information content (AvgIpc) is 3.00. The van der Waals surface area contributed by atoms with Gasteiger partial charge in [0.25, 0.3) is 0 Å². The van der Waals surface area contributed by atoms with E-state index in [4.69, 9.17) is 9.15 Å². The summed E-state index contributed by atoms with van der Waals surface area (Å²) in [5.74, 6) is 2.91. The van der Waals surface area contributed by atoms with Gasteiger partial charge in [0, 0.05) is 12.0 Å². The Morgan fingerprint density at radius 2 is 2.05 bits per heavy atom. The van der Waals surface area contributed by atoms with E-state index in [1.165, 1.54) is 5.56 Å². The minimum atomic E-state index is -0.0979. The lowest BCUT2D eigenvalue weighted by molar-refractivity contribution is 0.138. The highest BCUT2D eigenvalue weighted by Crippen LogP contribution is 2.37. The molecule has 0 unspecified atom stereocenters. The number of ether oxygens (including phenoxy) is 1. The maximum Gasteiger partial charge on any atom is 0.134 e. The molecule has 1 aliphatic rings. The minimum absolute atomic E-state index is 0.0979. The standard InChI is InChI=1S/C18H23NO2/c1-4-9-19-12-15-6-8-16(20-15)13-5-7-17-14(10-13)11-18(2,3)21-17/h5-8,10,19H,4,9,11-12H2,1-3H3. The van der Waals surface area contributed by atoms with Gasteiger partial charge in [-0.2, -0.15) is 0 Å². The third-order valence-corrected chi connectivity index (χ3v) is 3.74. The highest BCUT2D eigenvalue weighted by molar-refractivity contribution is 5.61. The van der Waals surface area contributed by atoms with Gasteiger partial charge in [-0.1, -0.05) is 6.92 Å². The van der Waals surface area contributed by atoms with Crippen molar-refractivity contribution in [2.24, 2.45) is 0 Å². The van der Waals surface area contributed by atoms with Crippen LogP contribution in [0.4, 0.5) is 0 Å². The lowest BCUT2D eigenvalue weighted by Gasteiger charge is -2.16. The van der Waals surface area contributed by atoms with Crippen LogP contribution in [0, 0.1) is 0 Å². The summed E-state index contributed by atoms with van der Waals surface area (Å²) in [6.45, 7) is 8.21. The van der Waals surface area contributed by atoms with Crippen molar-refractivity contribution in [3.05, 3.63) is 41.7 Å². The van der Waals surface area contributed by atoms with Crippen molar-refractivity contribution in [1.82, 2.24) is 5.32 Å². The Morgan fingerprint density at radius 3 is 2.86 bits per heavy atom. The van der Waals surface area contributed by atoms with Gasteiger partial charge in [0.05, 0.1) is 6.54 Å². The summed E-state index contributed by atoms with van der Waals surface area (Å²) < 4.78 is 11.8. The molecule has 0 aliphatic carbocycles. The fourth-order valence-electron chi connectivity index (χ4n) is 2.78.